The summed E-state index contributed by atoms with van der Waals surface area (Å²) in [5.41, 5.74) is 1.82. The summed E-state index contributed by atoms with van der Waals surface area (Å²) in [7, 11) is -3.54. The van der Waals surface area contributed by atoms with Crippen LogP contribution in [-0.2, 0) is 14.8 Å². The first kappa shape index (κ1) is 18.5. The lowest BCUT2D eigenvalue weighted by atomic mass is 9.97. The normalized spacial score (nSPS) is 14.8. The third kappa shape index (κ3) is 5.65. The van der Waals surface area contributed by atoms with E-state index < -0.39 is 16.1 Å². The molecule has 24 heavy (non-hydrogen) atoms. The van der Waals surface area contributed by atoms with Crippen molar-refractivity contribution >= 4 is 21.8 Å². The molecule has 0 bridgehead atoms. The predicted molar refractivity (Wildman–Crippen MR) is 93.4 cm³/mol. The van der Waals surface area contributed by atoms with Crippen molar-refractivity contribution in [2.75, 3.05) is 18.5 Å². The smallest absolute Gasteiger partial charge is 0.411 e. The van der Waals surface area contributed by atoms with Crippen molar-refractivity contribution < 1.29 is 17.9 Å². The Balaban J connectivity index is 1.89. The molecule has 6 nitrogen and oxygen atoms in total. The molecule has 1 aromatic carbocycles. The van der Waals surface area contributed by atoms with Crippen molar-refractivity contribution in [3.63, 3.8) is 0 Å². The van der Waals surface area contributed by atoms with Gasteiger partial charge in [0.25, 0.3) is 0 Å². The third-order valence-electron chi connectivity index (χ3n) is 3.81. The highest BCUT2D eigenvalue weighted by Crippen LogP contribution is 2.20. The molecule has 7 heteroatoms. The van der Waals surface area contributed by atoms with Gasteiger partial charge in [-0.25, -0.2) is 17.9 Å². The molecule has 0 unspecified atom stereocenters. The van der Waals surface area contributed by atoms with E-state index in [9.17, 15) is 13.2 Å². The summed E-state index contributed by atoms with van der Waals surface area (Å²) in [5, 5.41) is 2.52. The van der Waals surface area contributed by atoms with Crippen LogP contribution in [0.25, 0.3) is 0 Å². The van der Waals surface area contributed by atoms with Crippen molar-refractivity contribution in [3.05, 3.63) is 35.9 Å². The Kier molecular flexibility index (Phi) is 6.81. The van der Waals surface area contributed by atoms with Gasteiger partial charge in [-0.15, -0.1) is 0 Å². The van der Waals surface area contributed by atoms with Gasteiger partial charge in [-0.3, -0.25) is 5.32 Å². The van der Waals surface area contributed by atoms with Gasteiger partial charge in [-0.2, -0.15) is 0 Å². The first-order chi connectivity index (χ1) is 11.5. The quantitative estimate of drug-likeness (QED) is 0.736. The highest BCUT2D eigenvalue weighted by Gasteiger charge is 2.14. The molecule has 0 heterocycles. The van der Waals surface area contributed by atoms with E-state index in [-0.39, 0.29) is 11.5 Å². The number of hydrogen-bond donors (Lipinski definition) is 2. The molecule has 0 atom stereocenters. The van der Waals surface area contributed by atoms with Crippen LogP contribution in [0.2, 0.25) is 0 Å². The van der Waals surface area contributed by atoms with Crippen molar-refractivity contribution in [1.29, 1.82) is 0 Å². The van der Waals surface area contributed by atoms with Gasteiger partial charge >= 0.3 is 6.09 Å². The number of hydrogen-bond acceptors (Lipinski definition) is 4. The molecular formula is C17H24N2O4S. The average Bonchev–Trinajstić information content (AvgIpc) is 2.56. The summed E-state index contributed by atoms with van der Waals surface area (Å²) >= 11 is 0. The van der Waals surface area contributed by atoms with Crippen LogP contribution >= 0.6 is 0 Å². The van der Waals surface area contributed by atoms with E-state index in [4.69, 9.17) is 4.74 Å². The zero-order valence-corrected chi connectivity index (χ0v) is 14.7. The fourth-order valence-electron chi connectivity index (χ4n) is 2.56. The molecule has 0 spiro atoms. The number of amides is 1. The molecule has 0 radical (unpaired) electrons. The molecule has 0 aromatic heterocycles. The van der Waals surface area contributed by atoms with Crippen LogP contribution < -0.4 is 10.0 Å². The zero-order chi connectivity index (χ0) is 17.4. The molecule has 1 aromatic rings. The van der Waals surface area contributed by atoms with Gasteiger partial charge in [-0.1, -0.05) is 11.6 Å². The van der Waals surface area contributed by atoms with Crippen LogP contribution in [0.3, 0.4) is 0 Å². The van der Waals surface area contributed by atoms with Gasteiger partial charge in [0.2, 0.25) is 10.0 Å². The Hall–Kier alpha value is -1.86. The minimum Gasteiger partial charge on any atom is -0.450 e. The zero-order valence-electron chi connectivity index (χ0n) is 13.9. The van der Waals surface area contributed by atoms with E-state index in [1.807, 2.05) is 0 Å². The highest BCUT2D eigenvalue weighted by molar-refractivity contribution is 7.89. The van der Waals surface area contributed by atoms with Crippen molar-refractivity contribution in [2.45, 2.75) is 43.9 Å². The first-order valence-corrected chi connectivity index (χ1v) is 9.71. The molecule has 0 fully saturated rings. The summed E-state index contributed by atoms with van der Waals surface area (Å²) in [6.45, 7) is 2.39. The number of carbonyl (C=O) groups is 1. The van der Waals surface area contributed by atoms with Crippen LogP contribution in [0.1, 0.15) is 39.0 Å². The van der Waals surface area contributed by atoms with E-state index >= 15 is 0 Å². The number of benzene rings is 1. The Morgan fingerprint density at radius 2 is 1.96 bits per heavy atom. The number of rotatable bonds is 7. The summed E-state index contributed by atoms with van der Waals surface area (Å²) in [6.07, 6.45) is 6.98. The molecule has 1 aliphatic carbocycles. The van der Waals surface area contributed by atoms with E-state index in [1.54, 1.807) is 6.92 Å². The van der Waals surface area contributed by atoms with Gasteiger partial charge in [0.05, 0.1) is 11.5 Å². The minimum absolute atomic E-state index is 0.175. The first-order valence-electron chi connectivity index (χ1n) is 8.22. The maximum atomic E-state index is 12.3. The van der Waals surface area contributed by atoms with Crippen LogP contribution in [0.5, 0.6) is 0 Å². The summed E-state index contributed by atoms with van der Waals surface area (Å²) < 4.78 is 31.9. The van der Waals surface area contributed by atoms with Gasteiger partial charge in [0.1, 0.15) is 0 Å². The van der Waals surface area contributed by atoms with Gasteiger partial charge in [-0.05, 0) is 63.3 Å². The second kappa shape index (κ2) is 8.84. The lowest BCUT2D eigenvalue weighted by Gasteiger charge is -2.13. The fraction of sp³-hybridized carbons (Fsp3) is 0.471. The van der Waals surface area contributed by atoms with Crippen molar-refractivity contribution in [2.24, 2.45) is 0 Å². The Bertz CT molecular complexity index is 681. The molecule has 0 aliphatic heterocycles. The van der Waals surface area contributed by atoms with E-state index in [0.717, 1.165) is 19.3 Å². The highest BCUT2D eigenvalue weighted by atomic mass is 32.2. The number of anilines is 1. The SMILES string of the molecule is CCOC(=O)Nc1ccc(S(=O)(=O)NCCC2=CCCCC2)cc1. The van der Waals surface area contributed by atoms with E-state index in [0.29, 0.717) is 12.2 Å². The Morgan fingerprint density at radius 1 is 1.21 bits per heavy atom. The maximum absolute atomic E-state index is 12.3. The van der Waals surface area contributed by atoms with Gasteiger partial charge in [0, 0.05) is 12.2 Å². The number of sulfonamides is 1. The van der Waals surface area contributed by atoms with Crippen LogP contribution in [0.15, 0.2) is 40.8 Å². The topological polar surface area (TPSA) is 84.5 Å². The second-order valence-corrected chi connectivity index (χ2v) is 7.39. The molecule has 2 N–H and O–H groups in total. The van der Waals surface area contributed by atoms with Crippen molar-refractivity contribution in [1.82, 2.24) is 4.72 Å². The summed E-state index contributed by atoms with van der Waals surface area (Å²) in [6, 6.07) is 6.00. The standard InChI is InChI=1S/C17H24N2O4S/c1-2-23-17(20)19-15-8-10-16(11-9-15)24(21,22)18-13-12-14-6-4-3-5-7-14/h6,8-11,18H,2-5,7,12-13H2,1H3,(H,19,20). The Labute approximate surface area is 143 Å². The van der Waals surface area contributed by atoms with Crippen molar-refractivity contribution in [3.8, 4) is 0 Å². The maximum Gasteiger partial charge on any atom is 0.411 e. The van der Waals surface area contributed by atoms with Crippen LogP contribution in [0.4, 0.5) is 10.5 Å². The molecule has 2 rings (SSSR count). The number of carbonyl (C=O) groups excluding carboxylic acids is 1. The molecule has 0 saturated heterocycles. The molecule has 1 amide bonds. The molecule has 1 aliphatic rings. The summed E-state index contributed by atoms with van der Waals surface area (Å²) in [4.78, 5) is 11.5. The lowest BCUT2D eigenvalue weighted by molar-refractivity contribution is 0.168. The fourth-order valence-corrected chi connectivity index (χ4v) is 3.60. The molecule has 0 saturated carbocycles. The molecule has 132 valence electrons. The lowest BCUT2D eigenvalue weighted by Crippen LogP contribution is -2.25. The van der Waals surface area contributed by atoms with Gasteiger partial charge < -0.3 is 4.74 Å². The Morgan fingerprint density at radius 3 is 2.58 bits per heavy atom. The van der Waals surface area contributed by atoms with Crippen LogP contribution in [0, 0.1) is 0 Å². The summed E-state index contributed by atoms with van der Waals surface area (Å²) in [5.74, 6) is 0. The largest absolute Gasteiger partial charge is 0.450 e. The van der Waals surface area contributed by atoms with Crippen LogP contribution in [-0.4, -0.2) is 27.7 Å². The monoisotopic (exact) mass is 352 g/mol. The van der Waals surface area contributed by atoms with E-state index in [2.05, 4.69) is 16.1 Å². The number of allylic oxidation sites excluding steroid dienone is 1. The van der Waals surface area contributed by atoms with Gasteiger partial charge in [0.15, 0.2) is 0 Å². The second-order valence-electron chi connectivity index (χ2n) is 5.63. The minimum atomic E-state index is -3.54. The average molecular weight is 352 g/mol. The number of nitrogens with one attached hydrogen (secondary N) is 2. The number of ether oxygens (including phenoxy) is 1. The predicted octanol–water partition coefficient (Wildman–Crippen LogP) is 3.42. The van der Waals surface area contributed by atoms with E-state index in [1.165, 1.54) is 42.7 Å². The third-order valence-corrected chi connectivity index (χ3v) is 5.29. The molecular weight excluding hydrogens is 328 g/mol.